The number of amides is 1. The number of hydrogen-bond acceptors (Lipinski definition) is 6. The number of anilines is 1. The van der Waals surface area contributed by atoms with Crippen LogP contribution in [0.15, 0.2) is 42.5 Å². The zero-order valence-corrected chi connectivity index (χ0v) is 18.6. The van der Waals surface area contributed by atoms with Gasteiger partial charge in [-0.15, -0.1) is 0 Å². The molecule has 5 rings (SSSR count). The summed E-state index contributed by atoms with van der Waals surface area (Å²) in [6.07, 6.45) is 2.61. The highest BCUT2D eigenvalue weighted by Gasteiger charge is 2.20. The molecule has 0 spiro atoms. The molecule has 2 fully saturated rings. The standard InChI is InChI=1S/C25H32N4O3/c30-25(26-22-6-3-20(4-7-22)16-27-9-1-2-10-27)18-29-13-11-28(12-14-29)17-21-5-8-23-24(15-21)32-19-31-23/h3-8,15H,1-2,9-14,16-19H2,(H,26,30). The van der Waals surface area contributed by atoms with E-state index < -0.39 is 0 Å². The van der Waals surface area contributed by atoms with Gasteiger partial charge in [-0.25, -0.2) is 0 Å². The first kappa shape index (κ1) is 21.2. The molecule has 3 aliphatic rings. The predicted molar refractivity (Wildman–Crippen MR) is 124 cm³/mol. The van der Waals surface area contributed by atoms with Crippen LogP contribution in [0.3, 0.4) is 0 Å². The highest BCUT2D eigenvalue weighted by molar-refractivity contribution is 5.92. The van der Waals surface area contributed by atoms with Gasteiger partial charge in [-0.3, -0.25) is 19.5 Å². The van der Waals surface area contributed by atoms with Crippen molar-refractivity contribution in [1.29, 1.82) is 0 Å². The Balaban J connectivity index is 1.04. The van der Waals surface area contributed by atoms with Crippen LogP contribution in [0.5, 0.6) is 11.5 Å². The van der Waals surface area contributed by atoms with Crippen molar-refractivity contribution < 1.29 is 14.3 Å². The quantitative estimate of drug-likeness (QED) is 0.720. The predicted octanol–water partition coefficient (Wildman–Crippen LogP) is 2.77. The fourth-order valence-electron chi connectivity index (χ4n) is 4.70. The molecule has 3 heterocycles. The van der Waals surface area contributed by atoms with E-state index in [4.69, 9.17) is 9.47 Å². The molecular weight excluding hydrogens is 404 g/mol. The number of ether oxygens (including phenoxy) is 2. The largest absolute Gasteiger partial charge is 0.454 e. The maximum Gasteiger partial charge on any atom is 0.238 e. The van der Waals surface area contributed by atoms with Crippen LogP contribution in [-0.4, -0.2) is 73.2 Å². The Kier molecular flexibility index (Phi) is 6.57. The molecule has 32 heavy (non-hydrogen) atoms. The van der Waals surface area contributed by atoms with E-state index in [0.29, 0.717) is 13.3 Å². The lowest BCUT2D eigenvalue weighted by atomic mass is 10.1. The Morgan fingerprint density at radius 2 is 1.38 bits per heavy atom. The summed E-state index contributed by atoms with van der Waals surface area (Å²) in [5.74, 6) is 1.72. The van der Waals surface area contributed by atoms with E-state index in [2.05, 4.69) is 44.3 Å². The van der Waals surface area contributed by atoms with Crippen LogP contribution in [0.1, 0.15) is 24.0 Å². The van der Waals surface area contributed by atoms with Gasteiger partial charge in [0.25, 0.3) is 0 Å². The van der Waals surface area contributed by atoms with Crippen molar-refractivity contribution in [3.8, 4) is 11.5 Å². The topological polar surface area (TPSA) is 57.3 Å². The zero-order chi connectivity index (χ0) is 21.8. The van der Waals surface area contributed by atoms with E-state index >= 15 is 0 Å². The Hall–Kier alpha value is -2.61. The van der Waals surface area contributed by atoms with Crippen LogP contribution in [0.2, 0.25) is 0 Å². The van der Waals surface area contributed by atoms with E-state index in [1.807, 2.05) is 18.2 Å². The highest BCUT2D eigenvalue weighted by atomic mass is 16.7. The normalized spacial score (nSPS) is 19.4. The molecule has 0 unspecified atom stereocenters. The summed E-state index contributed by atoms with van der Waals surface area (Å²) in [5.41, 5.74) is 3.42. The van der Waals surface area contributed by atoms with Gasteiger partial charge >= 0.3 is 0 Å². The molecule has 0 aliphatic carbocycles. The van der Waals surface area contributed by atoms with Crippen LogP contribution in [0.25, 0.3) is 0 Å². The van der Waals surface area contributed by atoms with Crippen molar-refractivity contribution in [1.82, 2.24) is 14.7 Å². The molecule has 0 aromatic heterocycles. The summed E-state index contributed by atoms with van der Waals surface area (Å²) in [5, 5.41) is 3.05. The SMILES string of the molecule is O=C(CN1CCN(Cc2ccc3c(c2)OCO3)CC1)Nc1ccc(CN2CCCC2)cc1. The lowest BCUT2D eigenvalue weighted by Crippen LogP contribution is -2.48. The third-order valence-corrected chi connectivity index (χ3v) is 6.52. The number of rotatable bonds is 7. The summed E-state index contributed by atoms with van der Waals surface area (Å²) in [7, 11) is 0. The van der Waals surface area contributed by atoms with E-state index in [-0.39, 0.29) is 5.91 Å². The minimum absolute atomic E-state index is 0.0570. The molecule has 7 heteroatoms. The fraction of sp³-hybridized carbons (Fsp3) is 0.480. The van der Waals surface area contributed by atoms with Crippen LogP contribution >= 0.6 is 0 Å². The minimum atomic E-state index is 0.0570. The first-order valence-electron chi connectivity index (χ1n) is 11.7. The molecule has 2 saturated heterocycles. The Labute approximate surface area is 189 Å². The lowest BCUT2D eigenvalue weighted by Gasteiger charge is -2.34. The average molecular weight is 437 g/mol. The van der Waals surface area contributed by atoms with Gasteiger partial charge in [-0.2, -0.15) is 0 Å². The van der Waals surface area contributed by atoms with Crippen molar-refractivity contribution in [2.45, 2.75) is 25.9 Å². The minimum Gasteiger partial charge on any atom is -0.454 e. The molecule has 2 aromatic carbocycles. The maximum atomic E-state index is 12.5. The molecule has 1 N–H and O–H groups in total. The third kappa shape index (κ3) is 5.41. The first-order chi connectivity index (χ1) is 15.7. The van der Waals surface area contributed by atoms with Gasteiger partial charge in [0.05, 0.1) is 6.54 Å². The van der Waals surface area contributed by atoms with Crippen LogP contribution < -0.4 is 14.8 Å². The van der Waals surface area contributed by atoms with Crippen molar-refractivity contribution in [2.75, 3.05) is 57.9 Å². The van der Waals surface area contributed by atoms with Gasteiger partial charge in [0.15, 0.2) is 11.5 Å². The van der Waals surface area contributed by atoms with Crippen LogP contribution in [-0.2, 0) is 17.9 Å². The van der Waals surface area contributed by atoms with Gasteiger partial charge < -0.3 is 14.8 Å². The van der Waals surface area contributed by atoms with E-state index in [1.165, 1.54) is 37.1 Å². The molecule has 1 amide bonds. The molecule has 0 atom stereocenters. The number of fused-ring (bicyclic) bond motifs is 1. The van der Waals surface area contributed by atoms with Gasteiger partial charge in [0.1, 0.15) is 0 Å². The second-order valence-corrected chi connectivity index (χ2v) is 8.97. The van der Waals surface area contributed by atoms with E-state index in [9.17, 15) is 4.79 Å². The molecular formula is C25H32N4O3. The summed E-state index contributed by atoms with van der Waals surface area (Å²) >= 11 is 0. The summed E-state index contributed by atoms with van der Waals surface area (Å²) in [4.78, 5) is 19.7. The molecule has 0 saturated carbocycles. The van der Waals surface area contributed by atoms with Crippen molar-refractivity contribution >= 4 is 11.6 Å². The number of hydrogen-bond donors (Lipinski definition) is 1. The highest BCUT2D eigenvalue weighted by Crippen LogP contribution is 2.32. The average Bonchev–Trinajstić information content (AvgIpc) is 3.48. The zero-order valence-electron chi connectivity index (χ0n) is 18.6. The van der Waals surface area contributed by atoms with Crippen molar-refractivity contribution in [3.05, 3.63) is 53.6 Å². The molecule has 0 radical (unpaired) electrons. The second-order valence-electron chi connectivity index (χ2n) is 8.97. The number of nitrogens with zero attached hydrogens (tertiary/aromatic N) is 3. The van der Waals surface area contributed by atoms with Gasteiger partial charge in [0.2, 0.25) is 12.7 Å². The number of carbonyl (C=O) groups is 1. The van der Waals surface area contributed by atoms with Crippen LogP contribution in [0.4, 0.5) is 5.69 Å². The first-order valence-corrected chi connectivity index (χ1v) is 11.7. The van der Waals surface area contributed by atoms with E-state index in [1.54, 1.807) is 0 Å². The molecule has 7 nitrogen and oxygen atoms in total. The van der Waals surface area contributed by atoms with Gasteiger partial charge in [-0.05, 0) is 61.3 Å². The second kappa shape index (κ2) is 9.90. The van der Waals surface area contributed by atoms with Crippen LogP contribution in [0, 0.1) is 0 Å². The molecule has 3 aliphatic heterocycles. The van der Waals surface area contributed by atoms with E-state index in [0.717, 1.165) is 56.5 Å². The summed E-state index contributed by atoms with van der Waals surface area (Å²) in [6, 6.07) is 14.4. The summed E-state index contributed by atoms with van der Waals surface area (Å²) < 4.78 is 10.9. The van der Waals surface area contributed by atoms with Gasteiger partial charge in [0, 0.05) is 45.0 Å². The Bertz CT molecular complexity index is 919. The number of carbonyl (C=O) groups excluding carboxylic acids is 1. The lowest BCUT2D eigenvalue weighted by molar-refractivity contribution is -0.117. The monoisotopic (exact) mass is 436 g/mol. The van der Waals surface area contributed by atoms with Crippen molar-refractivity contribution in [3.63, 3.8) is 0 Å². The Morgan fingerprint density at radius 1 is 0.750 bits per heavy atom. The number of nitrogens with one attached hydrogen (secondary N) is 1. The Morgan fingerprint density at radius 3 is 2.16 bits per heavy atom. The van der Waals surface area contributed by atoms with Crippen molar-refractivity contribution in [2.24, 2.45) is 0 Å². The number of benzene rings is 2. The smallest absolute Gasteiger partial charge is 0.238 e. The fourth-order valence-corrected chi connectivity index (χ4v) is 4.70. The number of piperazine rings is 1. The summed E-state index contributed by atoms with van der Waals surface area (Å²) in [6.45, 7) is 8.73. The van der Waals surface area contributed by atoms with Gasteiger partial charge in [-0.1, -0.05) is 18.2 Å². The number of likely N-dealkylation sites (tertiary alicyclic amines) is 1. The molecule has 0 bridgehead atoms. The molecule has 170 valence electrons. The molecule has 2 aromatic rings. The third-order valence-electron chi connectivity index (χ3n) is 6.52. The maximum absolute atomic E-state index is 12.5.